The zero-order valence-corrected chi connectivity index (χ0v) is 11.0. The number of thioether (sulfide) groups is 1. The van der Waals surface area contributed by atoms with E-state index in [2.05, 4.69) is 10.4 Å². The van der Waals surface area contributed by atoms with E-state index in [0.29, 0.717) is 5.13 Å². The van der Waals surface area contributed by atoms with Gasteiger partial charge >= 0.3 is 0 Å². The molecule has 1 amide bonds. The lowest BCUT2D eigenvalue weighted by Crippen LogP contribution is -2.37. The molecule has 7 heteroatoms. The summed E-state index contributed by atoms with van der Waals surface area (Å²) in [7, 11) is 0. The number of carbonyl (C=O) groups is 1. The second-order valence-electron chi connectivity index (χ2n) is 3.33. The Balaban J connectivity index is 2.75. The number of carbonyl (C=O) groups excluding carboxylic acids is 1. The van der Waals surface area contributed by atoms with Crippen LogP contribution in [0.5, 0.6) is 0 Å². The quantitative estimate of drug-likeness (QED) is 0.321. The lowest BCUT2D eigenvalue weighted by atomic mass is 10.2. The highest BCUT2D eigenvalue weighted by Crippen LogP contribution is 2.34. The molecule has 1 aromatic rings. The van der Waals surface area contributed by atoms with Gasteiger partial charge in [0.1, 0.15) is 0 Å². The summed E-state index contributed by atoms with van der Waals surface area (Å²) in [6.45, 7) is 3.92. The van der Waals surface area contributed by atoms with Crippen LogP contribution >= 0.6 is 23.1 Å². The van der Waals surface area contributed by atoms with Crippen molar-refractivity contribution in [1.29, 1.82) is 0 Å². The minimum atomic E-state index is -0.173. The fraction of sp³-hybridized carbons (Fsp3) is 0.556. The lowest BCUT2D eigenvalue weighted by molar-refractivity contribution is -0.120. The largest absolute Gasteiger partial charge is 0.375 e. The number of nitrogens with one attached hydrogen (secondary N) is 1. The van der Waals surface area contributed by atoms with E-state index in [4.69, 9.17) is 11.6 Å². The Morgan fingerprint density at radius 2 is 2.38 bits per heavy atom. The molecule has 1 atom stereocenters. The van der Waals surface area contributed by atoms with Crippen LogP contribution in [0.1, 0.15) is 25.5 Å². The van der Waals surface area contributed by atoms with Crippen LogP contribution in [0.15, 0.2) is 4.21 Å². The van der Waals surface area contributed by atoms with Crippen LogP contribution in [0, 0.1) is 6.92 Å². The van der Waals surface area contributed by atoms with Crippen molar-refractivity contribution in [3.05, 3.63) is 5.69 Å². The van der Waals surface area contributed by atoms with E-state index in [0.717, 1.165) is 22.7 Å². The highest BCUT2D eigenvalue weighted by atomic mass is 32.2. The fourth-order valence-electron chi connectivity index (χ4n) is 1.24. The molecule has 5 N–H and O–H groups in total. The molecule has 0 aliphatic carbocycles. The fourth-order valence-corrected chi connectivity index (χ4v) is 3.61. The Morgan fingerprint density at radius 1 is 1.69 bits per heavy atom. The summed E-state index contributed by atoms with van der Waals surface area (Å²) >= 11 is 2.88. The molecule has 0 aromatic carbocycles. The predicted molar refractivity (Wildman–Crippen MR) is 68.1 cm³/mol. The smallest absolute Gasteiger partial charge is 0.247 e. The monoisotopic (exact) mass is 260 g/mol. The maximum absolute atomic E-state index is 11.5. The summed E-state index contributed by atoms with van der Waals surface area (Å²) in [6, 6.07) is 0. The molecule has 0 aliphatic rings. The number of hydrazine groups is 1. The Kier molecular flexibility index (Phi) is 5.04. The van der Waals surface area contributed by atoms with Gasteiger partial charge in [-0.1, -0.05) is 36.4 Å². The summed E-state index contributed by atoms with van der Waals surface area (Å²) in [6.07, 6.45) is 1.71. The van der Waals surface area contributed by atoms with Gasteiger partial charge in [0.05, 0.1) is 15.2 Å². The van der Waals surface area contributed by atoms with Crippen LogP contribution in [0.25, 0.3) is 0 Å². The first kappa shape index (κ1) is 13.3. The maximum Gasteiger partial charge on any atom is 0.247 e. The zero-order valence-electron chi connectivity index (χ0n) is 9.32. The summed E-state index contributed by atoms with van der Waals surface area (Å²) < 4.78 is 0.986. The van der Waals surface area contributed by atoms with Crippen LogP contribution in [-0.2, 0) is 4.79 Å². The number of thiazole rings is 1. The van der Waals surface area contributed by atoms with Crippen LogP contribution < -0.4 is 17.0 Å². The van der Waals surface area contributed by atoms with Gasteiger partial charge in [-0.15, -0.1) is 0 Å². The summed E-state index contributed by atoms with van der Waals surface area (Å²) in [5.74, 6) is 5.00. The molecule has 5 nitrogen and oxygen atoms in total. The number of amides is 1. The summed E-state index contributed by atoms with van der Waals surface area (Å²) in [5, 5.41) is 0.358. The Bertz CT molecular complexity index is 366. The van der Waals surface area contributed by atoms with E-state index in [1.807, 2.05) is 13.8 Å². The third-order valence-corrected chi connectivity index (χ3v) is 4.57. The standard InChI is InChI=1S/C9H16N4OS2/c1-3-4-6(7(14)13-11)15-8-5(2)12-9(10)16-8/h6H,3-4,11H2,1-2H3,(H2,10,12)(H,13,14). The SMILES string of the molecule is CCCC(Sc1sc(N)nc1C)C(=O)NN. The highest BCUT2D eigenvalue weighted by molar-refractivity contribution is 8.02. The maximum atomic E-state index is 11.5. The van der Waals surface area contributed by atoms with Crippen molar-refractivity contribution in [3.8, 4) is 0 Å². The lowest BCUT2D eigenvalue weighted by Gasteiger charge is -2.12. The normalized spacial score (nSPS) is 12.4. The number of hydrogen-bond acceptors (Lipinski definition) is 6. The number of rotatable bonds is 5. The average molecular weight is 260 g/mol. The third kappa shape index (κ3) is 3.36. The van der Waals surface area contributed by atoms with E-state index < -0.39 is 0 Å². The van der Waals surface area contributed by atoms with Gasteiger partial charge in [0.15, 0.2) is 5.13 Å². The predicted octanol–water partition coefficient (Wildman–Crippen LogP) is 1.28. The minimum Gasteiger partial charge on any atom is -0.375 e. The van der Waals surface area contributed by atoms with Crippen molar-refractivity contribution in [2.75, 3.05) is 5.73 Å². The Labute approximate surface area is 103 Å². The molecule has 0 saturated heterocycles. The van der Waals surface area contributed by atoms with Crippen molar-refractivity contribution >= 4 is 34.1 Å². The van der Waals surface area contributed by atoms with Crippen LogP contribution in [0.4, 0.5) is 5.13 Å². The van der Waals surface area contributed by atoms with Gasteiger partial charge < -0.3 is 5.73 Å². The number of nitrogens with zero attached hydrogens (tertiary/aromatic N) is 1. The van der Waals surface area contributed by atoms with Crippen LogP contribution in [0.2, 0.25) is 0 Å². The molecular formula is C9H16N4OS2. The Morgan fingerprint density at radius 3 is 2.81 bits per heavy atom. The van der Waals surface area contributed by atoms with Crippen molar-refractivity contribution in [2.45, 2.75) is 36.1 Å². The van der Waals surface area contributed by atoms with Gasteiger partial charge in [0.25, 0.3) is 0 Å². The number of nitrogens with two attached hydrogens (primary N) is 2. The zero-order chi connectivity index (χ0) is 12.1. The van der Waals surface area contributed by atoms with Gasteiger partial charge in [-0.05, 0) is 13.3 Å². The van der Waals surface area contributed by atoms with Crippen molar-refractivity contribution in [3.63, 3.8) is 0 Å². The number of aromatic nitrogens is 1. The Hall–Kier alpha value is -0.790. The molecule has 1 aromatic heterocycles. The molecule has 0 spiro atoms. The molecule has 0 saturated carbocycles. The second-order valence-corrected chi connectivity index (χ2v) is 5.83. The van der Waals surface area contributed by atoms with Crippen LogP contribution in [0.3, 0.4) is 0 Å². The number of anilines is 1. The molecule has 0 bridgehead atoms. The molecule has 1 unspecified atom stereocenters. The first-order valence-corrected chi connectivity index (χ1v) is 6.68. The van der Waals surface area contributed by atoms with Gasteiger partial charge in [0, 0.05) is 0 Å². The third-order valence-electron chi connectivity index (χ3n) is 2.01. The molecule has 1 heterocycles. The topological polar surface area (TPSA) is 94.0 Å². The van der Waals surface area contributed by atoms with E-state index in [1.165, 1.54) is 23.1 Å². The van der Waals surface area contributed by atoms with E-state index in [-0.39, 0.29) is 11.2 Å². The average Bonchev–Trinajstić information content (AvgIpc) is 2.55. The molecule has 90 valence electrons. The number of hydrogen-bond donors (Lipinski definition) is 3. The van der Waals surface area contributed by atoms with Gasteiger partial charge in [-0.2, -0.15) is 0 Å². The second kappa shape index (κ2) is 6.07. The van der Waals surface area contributed by atoms with E-state index in [9.17, 15) is 4.79 Å². The molecule has 16 heavy (non-hydrogen) atoms. The molecule has 1 rings (SSSR count). The molecular weight excluding hydrogens is 244 g/mol. The van der Waals surface area contributed by atoms with Gasteiger partial charge in [0.2, 0.25) is 5.91 Å². The van der Waals surface area contributed by atoms with E-state index in [1.54, 1.807) is 0 Å². The molecule has 0 radical (unpaired) electrons. The van der Waals surface area contributed by atoms with Gasteiger partial charge in [-0.3, -0.25) is 10.2 Å². The van der Waals surface area contributed by atoms with Crippen molar-refractivity contribution in [1.82, 2.24) is 10.4 Å². The van der Waals surface area contributed by atoms with E-state index >= 15 is 0 Å². The molecule has 0 fully saturated rings. The highest BCUT2D eigenvalue weighted by Gasteiger charge is 2.20. The number of nitrogen functional groups attached to an aromatic ring is 1. The summed E-state index contributed by atoms with van der Waals surface area (Å²) in [5.41, 5.74) is 8.67. The van der Waals surface area contributed by atoms with Crippen LogP contribution in [-0.4, -0.2) is 16.1 Å². The first-order chi connectivity index (χ1) is 7.58. The minimum absolute atomic E-state index is 0.154. The van der Waals surface area contributed by atoms with Crippen molar-refractivity contribution in [2.24, 2.45) is 5.84 Å². The first-order valence-electron chi connectivity index (χ1n) is 4.98. The molecule has 0 aliphatic heterocycles. The number of aryl methyl sites for hydroxylation is 1. The van der Waals surface area contributed by atoms with Crippen molar-refractivity contribution < 1.29 is 4.79 Å². The van der Waals surface area contributed by atoms with Gasteiger partial charge in [-0.25, -0.2) is 10.8 Å². The summed E-state index contributed by atoms with van der Waals surface area (Å²) in [4.78, 5) is 15.6.